The fourth-order valence-electron chi connectivity index (χ4n) is 3.86. The maximum atomic E-state index is 12.1. The number of hydrogen-bond donors (Lipinski definition) is 2. The van der Waals surface area contributed by atoms with Gasteiger partial charge in [0.1, 0.15) is 0 Å². The molecule has 1 aliphatic heterocycles. The predicted octanol–water partition coefficient (Wildman–Crippen LogP) is 4.83. The molecule has 2 amide bonds. The third-order valence-corrected chi connectivity index (χ3v) is 5.44. The molecular weight excluding hydrogens is 404 g/mol. The fourth-order valence-corrected chi connectivity index (χ4v) is 3.86. The number of aromatic amines is 1. The lowest BCUT2D eigenvalue weighted by Gasteiger charge is -2.22. The van der Waals surface area contributed by atoms with E-state index in [0.717, 1.165) is 33.4 Å². The normalized spacial score (nSPS) is 15.0. The molecule has 32 heavy (non-hydrogen) atoms. The largest absolute Gasteiger partial charge is 0.493 e. The number of fused-ring (bicyclic) bond motifs is 1. The monoisotopic (exact) mass is 434 g/mol. The summed E-state index contributed by atoms with van der Waals surface area (Å²) in [5.74, 6) is 1.29. The summed E-state index contributed by atoms with van der Waals surface area (Å²) in [6, 6.07) is 11.5. The highest BCUT2D eigenvalue weighted by molar-refractivity contribution is 5.86. The molecule has 0 saturated carbocycles. The molecule has 0 spiro atoms. The molecule has 1 aromatic heterocycles. The average molecular weight is 435 g/mol. The second-order valence-electron chi connectivity index (χ2n) is 7.27. The molecule has 0 radical (unpaired) electrons. The number of carbonyl (C=O) groups excluding carboxylic acids is 1. The van der Waals surface area contributed by atoms with Crippen molar-refractivity contribution in [1.82, 2.24) is 15.1 Å². The molecule has 0 aliphatic carbocycles. The molecule has 0 saturated heterocycles. The zero-order valence-corrected chi connectivity index (χ0v) is 19.2. The Bertz CT molecular complexity index is 1090. The molecule has 0 fully saturated rings. The topological polar surface area (TPSA) is 93.5 Å². The number of benzene rings is 2. The first-order valence-electron chi connectivity index (χ1n) is 10.7. The van der Waals surface area contributed by atoms with Crippen molar-refractivity contribution < 1.29 is 14.3 Å². The molecule has 2 aromatic carbocycles. The second kappa shape index (κ2) is 10.0. The predicted molar refractivity (Wildman–Crippen MR) is 127 cm³/mol. The van der Waals surface area contributed by atoms with Gasteiger partial charge < -0.3 is 15.2 Å². The van der Waals surface area contributed by atoms with Crippen molar-refractivity contribution in [3.8, 4) is 22.6 Å². The zero-order valence-electron chi connectivity index (χ0n) is 19.2. The number of rotatable bonds is 4. The summed E-state index contributed by atoms with van der Waals surface area (Å²) in [4.78, 5) is 13.7. The first kappa shape index (κ1) is 22.9. The molecule has 1 aliphatic rings. The number of primary amides is 1. The van der Waals surface area contributed by atoms with Gasteiger partial charge in [-0.05, 0) is 47.7 Å². The summed E-state index contributed by atoms with van der Waals surface area (Å²) in [6.07, 6.45) is 6.11. The Morgan fingerprint density at radius 3 is 2.25 bits per heavy atom. The van der Waals surface area contributed by atoms with Crippen molar-refractivity contribution in [3.05, 3.63) is 71.7 Å². The number of aromatic nitrogens is 2. The minimum Gasteiger partial charge on any atom is -0.493 e. The number of ether oxygens (including phenoxy) is 2. The molecule has 2 heterocycles. The van der Waals surface area contributed by atoms with Crippen molar-refractivity contribution in [2.45, 2.75) is 33.2 Å². The number of nitrogens with two attached hydrogens (primary N) is 1. The number of urea groups is 1. The van der Waals surface area contributed by atoms with E-state index in [1.165, 1.54) is 0 Å². The molecule has 1 unspecified atom stereocenters. The van der Waals surface area contributed by atoms with Gasteiger partial charge in [-0.3, -0.25) is 10.00 Å². The van der Waals surface area contributed by atoms with E-state index in [0.29, 0.717) is 17.9 Å². The molecule has 4 rings (SSSR count). The lowest BCUT2D eigenvalue weighted by molar-refractivity contribution is 0.213. The van der Waals surface area contributed by atoms with Crippen molar-refractivity contribution in [1.29, 1.82) is 0 Å². The van der Waals surface area contributed by atoms with Crippen LogP contribution in [0.5, 0.6) is 11.5 Å². The van der Waals surface area contributed by atoms with Gasteiger partial charge in [0.25, 0.3) is 0 Å². The maximum absolute atomic E-state index is 12.1. The van der Waals surface area contributed by atoms with Gasteiger partial charge in [0.2, 0.25) is 0 Å². The number of hydrogen-bond acceptors (Lipinski definition) is 4. The summed E-state index contributed by atoms with van der Waals surface area (Å²) in [6.45, 7) is 5.98. The molecule has 168 valence electrons. The molecule has 7 nitrogen and oxygen atoms in total. The van der Waals surface area contributed by atoms with E-state index in [1.54, 1.807) is 25.3 Å². The van der Waals surface area contributed by atoms with Crippen LogP contribution in [-0.2, 0) is 6.42 Å². The Balaban J connectivity index is 0.00000141. The number of nitrogens with zero attached hydrogens (tertiary/aromatic N) is 2. The van der Waals surface area contributed by atoms with Crippen LogP contribution in [0.1, 0.15) is 37.5 Å². The average Bonchev–Trinajstić information content (AvgIpc) is 3.31. The van der Waals surface area contributed by atoms with Gasteiger partial charge in [-0.15, -0.1) is 0 Å². The van der Waals surface area contributed by atoms with Crippen molar-refractivity contribution >= 4 is 11.6 Å². The summed E-state index contributed by atoms with van der Waals surface area (Å²) in [7, 11) is 3.23. The smallest absolute Gasteiger partial charge is 0.319 e. The number of H-pyrrole nitrogens is 1. The summed E-state index contributed by atoms with van der Waals surface area (Å²) in [5, 5.41) is 6.83. The van der Waals surface area contributed by atoms with Crippen LogP contribution in [0.3, 0.4) is 0 Å². The minimum atomic E-state index is -0.484. The van der Waals surface area contributed by atoms with Crippen LogP contribution in [0.15, 0.2) is 55.0 Å². The Morgan fingerprint density at radius 2 is 1.69 bits per heavy atom. The van der Waals surface area contributed by atoms with Crippen molar-refractivity contribution in [2.75, 3.05) is 14.2 Å². The van der Waals surface area contributed by atoms with Crippen LogP contribution in [0.2, 0.25) is 0 Å². The highest BCUT2D eigenvalue weighted by Crippen LogP contribution is 2.39. The molecular formula is C25H30N4O3. The number of carbonyl (C=O) groups is 1. The van der Waals surface area contributed by atoms with Gasteiger partial charge in [0.05, 0.1) is 20.4 Å². The van der Waals surface area contributed by atoms with E-state index in [4.69, 9.17) is 15.2 Å². The third-order valence-electron chi connectivity index (χ3n) is 5.44. The zero-order chi connectivity index (χ0) is 23.3. The van der Waals surface area contributed by atoms with Gasteiger partial charge in [0, 0.05) is 29.6 Å². The van der Waals surface area contributed by atoms with Gasteiger partial charge in [-0.25, -0.2) is 4.79 Å². The molecule has 3 N–H and O–H groups in total. The van der Waals surface area contributed by atoms with Crippen LogP contribution in [0, 0.1) is 0 Å². The van der Waals surface area contributed by atoms with E-state index in [-0.39, 0.29) is 6.04 Å². The van der Waals surface area contributed by atoms with E-state index in [1.807, 2.05) is 69.6 Å². The highest BCUT2D eigenvalue weighted by Gasteiger charge is 2.26. The Kier molecular flexibility index (Phi) is 7.20. The lowest BCUT2D eigenvalue weighted by Crippen LogP contribution is -2.38. The van der Waals surface area contributed by atoms with E-state index >= 15 is 0 Å². The Morgan fingerprint density at radius 1 is 1.06 bits per heavy atom. The highest BCUT2D eigenvalue weighted by atomic mass is 16.5. The van der Waals surface area contributed by atoms with Crippen LogP contribution < -0.4 is 15.2 Å². The van der Waals surface area contributed by atoms with E-state index < -0.39 is 6.03 Å². The van der Waals surface area contributed by atoms with Crippen LogP contribution in [0.4, 0.5) is 4.79 Å². The van der Waals surface area contributed by atoms with Crippen LogP contribution in [0.25, 0.3) is 16.7 Å². The number of amides is 2. The van der Waals surface area contributed by atoms with Gasteiger partial charge >= 0.3 is 6.03 Å². The molecule has 3 aromatic rings. The maximum Gasteiger partial charge on any atom is 0.319 e. The van der Waals surface area contributed by atoms with Gasteiger partial charge in [-0.1, -0.05) is 38.1 Å². The van der Waals surface area contributed by atoms with E-state index in [2.05, 4.69) is 10.2 Å². The standard InChI is InChI=1S/C23H24N4O3.C2H6/c1-14-8-17-9-21(29-2)22(30-3)10-19(17)20(13-27(14)23(24)28)16-6-4-15(5-7-16)18-11-25-26-12-18;1-2/h4-7,9-14H,8H2,1-3H3,(H2,24,28)(H,25,26);1-2H3. The molecule has 7 heteroatoms. The third kappa shape index (κ3) is 4.46. The summed E-state index contributed by atoms with van der Waals surface area (Å²) < 4.78 is 11.0. The van der Waals surface area contributed by atoms with Crippen molar-refractivity contribution in [2.24, 2.45) is 5.73 Å². The van der Waals surface area contributed by atoms with Crippen LogP contribution >= 0.6 is 0 Å². The van der Waals surface area contributed by atoms with Crippen LogP contribution in [-0.4, -0.2) is 41.4 Å². The van der Waals surface area contributed by atoms with E-state index in [9.17, 15) is 4.79 Å². The molecule has 1 atom stereocenters. The Hall–Kier alpha value is -3.74. The first-order valence-corrected chi connectivity index (χ1v) is 10.7. The lowest BCUT2D eigenvalue weighted by atomic mass is 9.92. The first-order chi connectivity index (χ1) is 15.5. The minimum absolute atomic E-state index is 0.0953. The number of nitrogens with one attached hydrogen (secondary N) is 1. The van der Waals surface area contributed by atoms with Crippen molar-refractivity contribution in [3.63, 3.8) is 0 Å². The fraction of sp³-hybridized carbons (Fsp3) is 0.280. The SMILES string of the molecule is CC.COc1cc2c(cc1OC)C(c1ccc(-c3cn[nH]c3)cc1)=CN(C(N)=O)C(C)C2. The molecule has 0 bridgehead atoms. The summed E-state index contributed by atoms with van der Waals surface area (Å²) in [5.41, 5.74) is 11.7. The number of methoxy groups -OCH3 is 2. The second-order valence-corrected chi connectivity index (χ2v) is 7.27. The quantitative estimate of drug-likeness (QED) is 0.615. The van der Waals surface area contributed by atoms with Gasteiger partial charge in [-0.2, -0.15) is 5.10 Å². The summed E-state index contributed by atoms with van der Waals surface area (Å²) >= 11 is 0. The van der Waals surface area contributed by atoms with Gasteiger partial charge in [0.15, 0.2) is 11.5 Å². The Labute approximate surface area is 188 Å².